The molecule has 2 atom stereocenters. The number of hydrogen-bond donors (Lipinski definition) is 2. The molecule has 1 aliphatic rings. The smallest absolute Gasteiger partial charge is 0.238 e. The van der Waals surface area contributed by atoms with Crippen molar-refractivity contribution in [2.24, 2.45) is 11.1 Å². The highest BCUT2D eigenvalue weighted by atomic mass is 32.2. The van der Waals surface area contributed by atoms with Crippen LogP contribution in [0.1, 0.15) is 44.6 Å². The Balaban J connectivity index is 1.94. The Bertz CT molecular complexity index is 543. The van der Waals surface area contributed by atoms with Crippen molar-refractivity contribution in [1.82, 2.24) is 5.32 Å². The van der Waals surface area contributed by atoms with Crippen LogP contribution >= 0.6 is 0 Å². The molecular formula is C15H24N2O2S. The minimum absolute atomic E-state index is 0.186. The minimum Gasteiger partial charge on any atom is -0.310 e. The van der Waals surface area contributed by atoms with Crippen LogP contribution in [-0.4, -0.2) is 14.5 Å². The molecule has 3 N–H and O–H groups in total. The maximum Gasteiger partial charge on any atom is 0.238 e. The Kier molecular flexibility index (Phi) is 5.18. The van der Waals surface area contributed by atoms with Crippen LogP contribution < -0.4 is 10.5 Å². The van der Waals surface area contributed by atoms with Crippen molar-refractivity contribution < 1.29 is 8.42 Å². The zero-order valence-electron chi connectivity index (χ0n) is 12.0. The lowest BCUT2D eigenvalue weighted by molar-refractivity contribution is 0.447. The molecule has 2 unspecified atom stereocenters. The number of rotatable bonds is 4. The molecule has 1 aliphatic carbocycles. The van der Waals surface area contributed by atoms with Gasteiger partial charge in [0, 0.05) is 12.6 Å². The van der Waals surface area contributed by atoms with E-state index in [4.69, 9.17) is 5.14 Å². The number of sulfonamides is 1. The lowest BCUT2D eigenvalue weighted by Crippen LogP contribution is -2.28. The molecule has 1 aromatic carbocycles. The van der Waals surface area contributed by atoms with Gasteiger partial charge in [-0.1, -0.05) is 31.9 Å². The molecule has 1 aromatic rings. The van der Waals surface area contributed by atoms with Crippen LogP contribution in [0.5, 0.6) is 0 Å². The van der Waals surface area contributed by atoms with Gasteiger partial charge in [-0.15, -0.1) is 0 Å². The summed E-state index contributed by atoms with van der Waals surface area (Å²) in [6, 6.07) is 7.40. The molecule has 0 heterocycles. The van der Waals surface area contributed by atoms with Crippen molar-refractivity contribution in [3.63, 3.8) is 0 Å². The maximum absolute atomic E-state index is 11.3. The van der Waals surface area contributed by atoms with Gasteiger partial charge in [0.1, 0.15) is 0 Å². The van der Waals surface area contributed by atoms with Crippen molar-refractivity contribution >= 4 is 10.0 Å². The molecule has 0 aliphatic heterocycles. The summed E-state index contributed by atoms with van der Waals surface area (Å²) in [5, 5.41) is 8.69. The van der Waals surface area contributed by atoms with E-state index in [2.05, 4.69) is 12.2 Å². The highest BCUT2D eigenvalue weighted by Gasteiger charge is 2.15. The third-order valence-electron chi connectivity index (χ3n) is 4.08. The predicted molar refractivity (Wildman–Crippen MR) is 80.7 cm³/mol. The minimum atomic E-state index is -3.61. The number of benzene rings is 1. The standard InChI is InChI=1S/C15H24N2O2S/c1-12-4-2-6-14(9-8-12)17-11-13-5-3-7-15(10-13)20(16,18)19/h3,5,7,10,12,14,17H,2,4,6,8-9,11H2,1H3,(H2,16,18,19). The summed E-state index contributed by atoms with van der Waals surface area (Å²) >= 11 is 0. The average Bonchev–Trinajstić information content (AvgIpc) is 2.61. The molecule has 5 heteroatoms. The largest absolute Gasteiger partial charge is 0.310 e. The first-order valence-electron chi connectivity index (χ1n) is 7.30. The normalized spacial score (nSPS) is 24.3. The van der Waals surface area contributed by atoms with Crippen LogP contribution in [0.2, 0.25) is 0 Å². The first kappa shape index (κ1) is 15.5. The summed E-state index contributed by atoms with van der Waals surface area (Å²) in [6.07, 6.45) is 6.28. The highest BCUT2D eigenvalue weighted by molar-refractivity contribution is 7.89. The zero-order valence-corrected chi connectivity index (χ0v) is 12.8. The fourth-order valence-corrected chi connectivity index (χ4v) is 3.37. The lowest BCUT2D eigenvalue weighted by atomic mass is 10.0. The number of nitrogens with one attached hydrogen (secondary N) is 1. The fourth-order valence-electron chi connectivity index (χ4n) is 2.79. The SMILES string of the molecule is CC1CCCC(NCc2cccc(S(N)(=O)=O)c2)CC1. The van der Waals surface area contributed by atoms with E-state index in [1.165, 1.54) is 38.2 Å². The van der Waals surface area contributed by atoms with E-state index in [9.17, 15) is 8.42 Å². The summed E-state index contributed by atoms with van der Waals surface area (Å²) in [6.45, 7) is 3.01. The molecule has 0 bridgehead atoms. The summed E-state index contributed by atoms with van der Waals surface area (Å²) < 4.78 is 22.7. The molecular weight excluding hydrogens is 272 g/mol. The average molecular weight is 296 g/mol. The lowest BCUT2D eigenvalue weighted by Gasteiger charge is -2.16. The Labute approximate surface area is 121 Å². The molecule has 1 saturated carbocycles. The second-order valence-corrected chi connectivity index (χ2v) is 7.45. The first-order valence-corrected chi connectivity index (χ1v) is 8.85. The van der Waals surface area contributed by atoms with Crippen molar-refractivity contribution in [1.29, 1.82) is 0 Å². The van der Waals surface area contributed by atoms with Gasteiger partial charge >= 0.3 is 0 Å². The molecule has 2 rings (SSSR count). The molecule has 0 spiro atoms. The second-order valence-electron chi connectivity index (χ2n) is 5.88. The zero-order chi connectivity index (χ0) is 14.6. The topological polar surface area (TPSA) is 72.2 Å². The van der Waals surface area contributed by atoms with E-state index in [0.29, 0.717) is 12.6 Å². The van der Waals surface area contributed by atoms with E-state index in [0.717, 1.165) is 11.5 Å². The molecule has 112 valence electrons. The van der Waals surface area contributed by atoms with Crippen LogP contribution in [0.25, 0.3) is 0 Å². The van der Waals surface area contributed by atoms with Crippen molar-refractivity contribution in [3.8, 4) is 0 Å². The molecule has 4 nitrogen and oxygen atoms in total. The van der Waals surface area contributed by atoms with Gasteiger partial charge in [-0.05, 0) is 42.9 Å². The van der Waals surface area contributed by atoms with Gasteiger partial charge in [-0.2, -0.15) is 0 Å². The van der Waals surface area contributed by atoms with Crippen molar-refractivity contribution in [2.75, 3.05) is 0 Å². The van der Waals surface area contributed by atoms with Crippen LogP contribution in [0.3, 0.4) is 0 Å². The van der Waals surface area contributed by atoms with Gasteiger partial charge in [0.2, 0.25) is 10.0 Å². The van der Waals surface area contributed by atoms with E-state index >= 15 is 0 Å². The quantitative estimate of drug-likeness (QED) is 0.838. The first-order chi connectivity index (χ1) is 9.45. The Hall–Kier alpha value is -0.910. The van der Waals surface area contributed by atoms with E-state index < -0.39 is 10.0 Å². The van der Waals surface area contributed by atoms with Gasteiger partial charge < -0.3 is 5.32 Å². The predicted octanol–water partition coefficient (Wildman–Crippen LogP) is 2.39. The third-order valence-corrected chi connectivity index (χ3v) is 4.99. The molecule has 0 amide bonds. The second kappa shape index (κ2) is 6.70. The molecule has 20 heavy (non-hydrogen) atoms. The van der Waals surface area contributed by atoms with Gasteiger partial charge in [-0.25, -0.2) is 13.6 Å². The van der Waals surface area contributed by atoms with Gasteiger partial charge in [0.15, 0.2) is 0 Å². The van der Waals surface area contributed by atoms with E-state index in [1.54, 1.807) is 12.1 Å². The fraction of sp³-hybridized carbons (Fsp3) is 0.600. The summed E-state index contributed by atoms with van der Waals surface area (Å²) in [7, 11) is -3.61. The molecule has 0 aromatic heterocycles. The van der Waals surface area contributed by atoms with Crippen molar-refractivity contribution in [2.45, 2.75) is 56.5 Å². The number of nitrogens with two attached hydrogens (primary N) is 1. The Morgan fingerprint density at radius 2 is 2.05 bits per heavy atom. The van der Waals surface area contributed by atoms with Gasteiger partial charge in [-0.3, -0.25) is 0 Å². The highest BCUT2D eigenvalue weighted by Crippen LogP contribution is 2.22. The molecule has 0 saturated heterocycles. The van der Waals surface area contributed by atoms with Crippen LogP contribution in [0.4, 0.5) is 0 Å². The summed E-state index contributed by atoms with van der Waals surface area (Å²) in [5.74, 6) is 0.826. The van der Waals surface area contributed by atoms with Gasteiger partial charge in [0.25, 0.3) is 0 Å². The monoisotopic (exact) mass is 296 g/mol. The molecule has 1 fully saturated rings. The van der Waals surface area contributed by atoms with Crippen LogP contribution in [0.15, 0.2) is 29.2 Å². The number of hydrogen-bond acceptors (Lipinski definition) is 3. The Morgan fingerprint density at radius 3 is 2.80 bits per heavy atom. The van der Waals surface area contributed by atoms with Gasteiger partial charge in [0.05, 0.1) is 4.90 Å². The number of primary sulfonamides is 1. The summed E-state index contributed by atoms with van der Waals surface area (Å²) in [4.78, 5) is 0.186. The molecule has 0 radical (unpaired) electrons. The van der Waals surface area contributed by atoms with Crippen molar-refractivity contribution in [3.05, 3.63) is 29.8 Å². The van der Waals surface area contributed by atoms with Crippen LogP contribution in [0, 0.1) is 5.92 Å². The Morgan fingerprint density at radius 1 is 1.25 bits per heavy atom. The van der Waals surface area contributed by atoms with E-state index in [-0.39, 0.29) is 4.90 Å². The summed E-state index contributed by atoms with van der Waals surface area (Å²) in [5.41, 5.74) is 0.967. The maximum atomic E-state index is 11.3. The third kappa shape index (κ3) is 4.58. The van der Waals surface area contributed by atoms with E-state index in [1.807, 2.05) is 6.07 Å². The van der Waals surface area contributed by atoms with Crippen LogP contribution in [-0.2, 0) is 16.6 Å².